The molecule has 0 aliphatic rings. The van der Waals surface area contributed by atoms with Crippen molar-refractivity contribution in [1.82, 2.24) is 0 Å². The first kappa shape index (κ1) is 16.9. The lowest BCUT2D eigenvalue weighted by atomic mass is 9.98. The minimum absolute atomic E-state index is 0.770. The predicted molar refractivity (Wildman–Crippen MR) is 73.2 cm³/mol. The Kier molecular flexibility index (Phi) is 17.9. The molecule has 0 spiro atoms. The summed E-state index contributed by atoms with van der Waals surface area (Å²) in [5.41, 5.74) is 0. The molecule has 0 heterocycles. The molecular formula is C15H30. The lowest BCUT2D eigenvalue weighted by Gasteiger charge is -2.08. The van der Waals surface area contributed by atoms with Gasteiger partial charge >= 0.3 is 0 Å². The zero-order valence-corrected chi connectivity index (χ0v) is 11.4. The Bertz CT molecular complexity index is 142. The molecule has 1 atom stereocenters. The predicted octanol–water partition coefficient (Wildman–Crippen LogP) is 5.75. The molecule has 90 valence electrons. The second-order valence-electron chi connectivity index (χ2n) is 3.94. The van der Waals surface area contributed by atoms with Crippen LogP contribution in [0.3, 0.4) is 0 Å². The fourth-order valence-electron chi connectivity index (χ4n) is 1.34. The highest BCUT2D eigenvalue weighted by Gasteiger charge is 2.00. The van der Waals surface area contributed by atoms with Gasteiger partial charge in [-0.2, -0.15) is 0 Å². The fourth-order valence-corrected chi connectivity index (χ4v) is 1.34. The fraction of sp³-hybridized carbons (Fsp3) is 0.733. The van der Waals surface area contributed by atoms with Gasteiger partial charge in [0.25, 0.3) is 0 Å². The van der Waals surface area contributed by atoms with Crippen LogP contribution >= 0.6 is 0 Å². The summed E-state index contributed by atoms with van der Waals surface area (Å²) in [6.07, 6.45) is 15.4. The molecule has 15 heavy (non-hydrogen) atoms. The van der Waals surface area contributed by atoms with E-state index in [1.165, 1.54) is 32.1 Å². The third-order valence-electron chi connectivity index (χ3n) is 2.07. The van der Waals surface area contributed by atoms with Gasteiger partial charge in [0.1, 0.15) is 0 Å². The lowest BCUT2D eigenvalue weighted by Crippen LogP contribution is -1.94. The Morgan fingerprint density at radius 1 is 1.00 bits per heavy atom. The Morgan fingerprint density at radius 3 is 2.00 bits per heavy atom. The summed E-state index contributed by atoms with van der Waals surface area (Å²) in [6.45, 7) is 10.7. The van der Waals surface area contributed by atoms with Gasteiger partial charge in [0.15, 0.2) is 0 Å². The quantitative estimate of drug-likeness (QED) is 0.489. The van der Waals surface area contributed by atoms with Gasteiger partial charge < -0.3 is 0 Å². The summed E-state index contributed by atoms with van der Waals surface area (Å²) >= 11 is 0. The van der Waals surface area contributed by atoms with Gasteiger partial charge in [0.05, 0.1) is 0 Å². The normalized spacial score (nSPS) is 12.9. The average Bonchev–Trinajstić information content (AvgIpc) is 2.23. The third kappa shape index (κ3) is 16.2. The molecule has 0 fully saturated rings. The van der Waals surface area contributed by atoms with Gasteiger partial charge in [-0.3, -0.25) is 0 Å². The van der Waals surface area contributed by atoms with E-state index in [2.05, 4.69) is 58.9 Å². The van der Waals surface area contributed by atoms with Crippen molar-refractivity contribution < 1.29 is 0 Å². The molecule has 0 aromatic rings. The molecule has 0 aromatic heterocycles. The topological polar surface area (TPSA) is 0 Å². The zero-order valence-electron chi connectivity index (χ0n) is 11.4. The molecule has 0 nitrogen and oxygen atoms in total. The molecule has 0 radical (unpaired) electrons. The summed E-state index contributed by atoms with van der Waals surface area (Å²) in [6, 6.07) is 0. The van der Waals surface area contributed by atoms with Gasteiger partial charge in [-0.25, -0.2) is 0 Å². The van der Waals surface area contributed by atoms with E-state index >= 15 is 0 Å². The summed E-state index contributed by atoms with van der Waals surface area (Å²) in [7, 11) is 0. The van der Waals surface area contributed by atoms with E-state index < -0.39 is 0 Å². The highest BCUT2D eigenvalue weighted by Crippen LogP contribution is 2.14. The van der Waals surface area contributed by atoms with Crippen LogP contribution in [0.15, 0.2) is 24.3 Å². The standard InChI is InChI=1S/C12H22.C3H8/c1-4-7-10-12(9-6-3)11-8-5-2;1-3-2/h4,6-7,9,12H,5,8,10-11H2,1-3H3;3H2,1-2H3/b7-4+,9-6-;. The summed E-state index contributed by atoms with van der Waals surface area (Å²) in [4.78, 5) is 0. The summed E-state index contributed by atoms with van der Waals surface area (Å²) in [5, 5.41) is 0. The summed E-state index contributed by atoms with van der Waals surface area (Å²) < 4.78 is 0. The second-order valence-corrected chi connectivity index (χ2v) is 3.94. The molecule has 0 saturated heterocycles. The molecule has 0 aromatic carbocycles. The van der Waals surface area contributed by atoms with E-state index in [1.807, 2.05) is 0 Å². The van der Waals surface area contributed by atoms with E-state index in [1.54, 1.807) is 0 Å². The minimum atomic E-state index is 0.770. The molecule has 0 rings (SSSR count). The van der Waals surface area contributed by atoms with Crippen LogP contribution in [0.25, 0.3) is 0 Å². The molecule has 0 saturated carbocycles. The third-order valence-corrected chi connectivity index (χ3v) is 2.07. The van der Waals surface area contributed by atoms with Crippen molar-refractivity contribution in [2.24, 2.45) is 5.92 Å². The van der Waals surface area contributed by atoms with Gasteiger partial charge in [-0.1, -0.05) is 64.3 Å². The Labute approximate surface area is 97.5 Å². The van der Waals surface area contributed by atoms with Crippen LogP contribution in [0.2, 0.25) is 0 Å². The van der Waals surface area contributed by atoms with Crippen LogP contribution in [-0.4, -0.2) is 0 Å². The van der Waals surface area contributed by atoms with Crippen molar-refractivity contribution in [3.63, 3.8) is 0 Å². The van der Waals surface area contributed by atoms with E-state index in [-0.39, 0.29) is 0 Å². The maximum Gasteiger partial charge on any atom is -0.0199 e. The number of hydrogen-bond donors (Lipinski definition) is 0. The van der Waals surface area contributed by atoms with Crippen molar-refractivity contribution in [1.29, 1.82) is 0 Å². The van der Waals surface area contributed by atoms with Crippen LogP contribution < -0.4 is 0 Å². The van der Waals surface area contributed by atoms with E-state index in [0.717, 1.165) is 5.92 Å². The number of rotatable bonds is 6. The highest BCUT2D eigenvalue weighted by atomic mass is 14.1. The van der Waals surface area contributed by atoms with Crippen LogP contribution in [-0.2, 0) is 0 Å². The van der Waals surface area contributed by atoms with Crippen molar-refractivity contribution in [3.05, 3.63) is 24.3 Å². The van der Waals surface area contributed by atoms with Gasteiger partial charge in [-0.15, -0.1) is 0 Å². The number of hydrogen-bond acceptors (Lipinski definition) is 0. The molecule has 0 heteroatoms. The van der Waals surface area contributed by atoms with E-state index in [9.17, 15) is 0 Å². The van der Waals surface area contributed by atoms with Crippen LogP contribution in [0, 0.1) is 5.92 Å². The average molecular weight is 210 g/mol. The van der Waals surface area contributed by atoms with Crippen LogP contribution in [0.1, 0.15) is 66.7 Å². The first-order valence-corrected chi connectivity index (χ1v) is 6.50. The van der Waals surface area contributed by atoms with Gasteiger partial charge in [-0.05, 0) is 32.6 Å². The van der Waals surface area contributed by atoms with Gasteiger partial charge in [0, 0.05) is 0 Å². The molecular weight excluding hydrogens is 180 g/mol. The van der Waals surface area contributed by atoms with Crippen molar-refractivity contribution in [2.45, 2.75) is 66.7 Å². The van der Waals surface area contributed by atoms with Gasteiger partial charge in [0.2, 0.25) is 0 Å². The van der Waals surface area contributed by atoms with E-state index in [0.29, 0.717) is 0 Å². The first-order valence-electron chi connectivity index (χ1n) is 6.50. The smallest absolute Gasteiger partial charge is 0.0199 e. The monoisotopic (exact) mass is 210 g/mol. The Balaban J connectivity index is 0. The first-order chi connectivity index (χ1) is 7.26. The Morgan fingerprint density at radius 2 is 1.60 bits per heavy atom. The number of allylic oxidation sites excluding steroid dienone is 4. The second kappa shape index (κ2) is 15.9. The molecule has 0 aliphatic carbocycles. The Hall–Kier alpha value is -0.520. The molecule has 0 bridgehead atoms. The minimum Gasteiger partial charge on any atom is -0.0916 e. The zero-order chi connectivity index (χ0) is 11.9. The SMILES string of the molecule is C/C=C\C(C/C=C/C)CCCC.CCC. The van der Waals surface area contributed by atoms with Crippen LogP contribution in [0.4, 0.5) is 0 Å². The van der Waals surface area contributed by atoms with Crippen molar-refractivity contribution in [3.8, 4) is 0 Å². The van der Waals surface area contributed by atoms with E-state index in [4.69, 9.17) is 0 Å². The largest absolute Gasteiger partial charge is 0.0916 e. The highest BCUT2D eigenvalue weighted by molar-refractivity contribution is 4.91. The maximum absolute atomic E-state index is 2.33. The molecule has 0 aliphatic heterocycles. The molecule has 0 amide bonds. The van der Waals surface area contributed by atoms with Crippen molar-refractivity contribution >= 4 is 0 Å². The van der Waals surface area contributed by atoms with Crippen molar-refractivity contribution in [2.75, 3.05) is 0 Å². The molecule has 0 N–H and O–H groups in total. The summed E-state index contributed by atoms with van der Waals surface area (Å²) in [5.74, 6) is 0.770. The van der Waals surface area contributed by atoms with Crippen LogP contribution in [0.5, 0.6) is 0 Å². The lowest BCUT2D eigenvalue weighted by molar-refractivity contribution is 0.560. The number of unbranched alkanes of at least 4 members (excludes halogenated alkanes) is 1. The maximum atomic E-state index is 2.33. The molecule has 1 unspecified atom stereocenters.